The van der Waals surface area contributed by atoms with E-state index in [0.717, 1.165) is 33.1 Å². The first-order valence-corrected chi connectivity index (χ1v) is 11.8. The number of thioether (sulfide) groups is 1. The van der Waals surface area contributed by atoms with Crippen LogP contribution in [-0.4, -0.2) is 51.3 Å². The van der Waals surface area contributed by atoms with E-state index in [1.807, 2.05) is 17.7 Å². The minimum atomic E-state index is -0.613. The Balaban J connectivity index is 1.62. The molecular weight excluding hydrogens is 448 g/mol. The Morgan fingerprint density at radius 1 is 1.50 bits per heavy atom. The first-order chi connectivity index (χ1) is 15.3. The topological polar surface area (TPSA) is 107 Å². The van der Waals surface area contributed by atoms with Crippen LogP contribution in [0.25, 0.3) is 6.08 Å². The average molecular weight is 473 g/mol. The highest BCUT2D eigenvalue weighted by molar-refractivity contribution is 8.14. The Morgan fingerprint density at radius 3 is 3.00 bits per heavy atom. The molecule has 1 amide bonds. The van der Waals surface area contributed by atoms with Crippen LogP contribution in [0.4, 0.5) is 0 Å². The van der Waals surface area contributed by atoms with E-state index in [-0.39, 0.29) is 17.7 Å². The van der Waals surface area contributed by atoms with E-state index < -0.39 is 5.66 Å². The molecule has 1 saturated carbocycles. The normalized spacial score (nSPS) is 25.2. The summed E-state index contributed by atoms with van der Waals surface area (Å²) in [6, 6.07) is 0. The molecule has 8 nitrogen and oxygen atoms in total. The van der Waals surface area contributed by atoms with Gasteiger partial charge in [0.05, 0.1) is 36.3 Å². The van der Waals surface area contributed by atoms with E-state index in [9.17, 15) is 4.79 Å². The molecule has 10 heteroatoms. The molecular formula is C22H25ClN6O2S. The van der Waals surface area contributed by atoms with Gasteiger partial charge >= 0.3 is 0 Å². The molecule has 4 heterocycles. The maximum absolute atomic E-state index is 12.0. The fourth-order valence-electron chi connectivity index (χ4n) is 4.67. The number of halogens is 1. The minimum Gasteiger partial charge on any atom is -0.495 e. The SMILES string of the molecule is CNC(=O)CC1=Cc2nn(Cc3ncc(C)c(OC)c3Cl)c3c2C(=N[C@]2(N)C(C)C32)SC1. The van der Waals surface area contributed by atoms with Crippen LogP contribution in [0.1, 0.15) is 47.5 Å². The summed E-state index contributed by atoms with van der Waals surface area (Å²) in [5, 5.41) is 9.01. The van der Waals surface area contributed by atoms with Crippen molar-refractivity contribution in [2.45, 2.75) is 38.4 Å². The molecule has 168 valence electrons. The third-order valence-corrected chi connectivity index (χ3v) is 8.04. The number of hydrogen-bond acceptors (Lipinski definition) is 7. The van der Waals surface area contributed by atoms with Crippen LogP contribution in [0.3, 0.4) is 0 Å². The predicted octanol–water partition coefficient (Wildman–Crippen LogP) is 2.71. The number of nitrogens with one attached hydrogen (secondary N) is 1. The van der Waals surface area contributed by atoms with Gasteiger partial charge in [0.25, 0.3) is 0 Å². The number of aromatic nitrogens is 3. The van der Waals surface area contributed by atoms with Crippen molar-refractivity contribution in [1.29, 1.82) is 0 Å². The number of carbonyl (C=O) groups excluding carboxylic acids is 1. The second-order valence-corrected chi connectivity index (χ2v) is 9.89. The molecule has 0 radical (unpaired) electrons. The van der Waals surface area contributed by atoms with E-state index in [1.54, 1.807) is 32.1 Å². The first kappa shape index (κ1) is 21.5. The zero-order valence-corrected chi connectivity index (χ0v) is 20.0. The van der Waals surface area contributed by atoms with E-state index in [2.05, 4.69) is 17.2 Å². The fourth-order valence-corrected chi connectivity index (χ4v) is 6.09. The number of aryl methyl sites for hydroxylation is 1. The molecule has 0 aromatic carbocycles. The van der Waals surface area contributed by atoms with Crippen LogP contribution >= 0.6 is 23.4 Å². The highest BCUT2D eigenvalue weighted by atomic mass is 35.5. The number of ether oxygens (including phenoxy) is 1. The van der Waals surface area contributed by atoms with E-state index in [4.69, 9.17) is 32.2 Å². The molecule has 1 aliphatic carbocycles. The molecule has 0 spiro atoms. The maximum Gasteiger partial charge on any atom is 0.223 e. The Kier molecular flexibility index (Phi) is 5.11. The summed E-state index contributed by atoms with van der Waals surface area (Å²) in [5.41, 5.74) is 11.5. The lowest BCUT2D eigenvalue weighted by Crippen LogP contribution is -2.29. The zero-order valence-electron chi connectivity index (χ0n) is 18.4. The predicted molar refractivity (Wildman–Crippen MR) is 126 cm³/mol. The van der Waals surface area contributed by atoms with Gasteiger partial charge in [-0.05, 0) is 18.6 Å². The molecule has 5 rings (SSSR count). The van der Waals surface area contributed by atoms with Gasteiger partial charge in [0, 0.05) is 42.8 Å². The standard InChI is InChI=1S/C22H25ClN6O2S/c1-10-7-26-14(18(23)20(10)31-4)8-29-19-16-13(28-29)5-12(6-15(30)25-3)9-32-21(16)27-22(24)11(2)17(19)22/h5,7,11,17H,6,8-9,24H2,1-4H3,(H,25,30)/t11?,17?,22-/m1/s1. The summed E-state index contributed by atoms with van der Waals surface area (Å²) in [6.07, 6.45) is 4.10. The fraction of sp³-hybridized carbons (Fsp3) is 0.455. The van der Waals surface area contributed by atoms with Crippen molar-refractivity contribution in [1.82, 2.24) is 20.1 Å². The van der Waals surface area contributed by atoms with Gasteiger partial charge in [-0.1, -0.05) is 18.5 Å². The Hall–Kier alpha value is -2.36. The van der Waals surface area contributed by atoms with Crippen molar-refractivity contribution in [3.05, 3.63) is 45.0 Å². The quantitative estimate of drug-likeness (QED) is 0.692. The number of carbonyl (C=O) groups is 1. The van der Waals surface area contributed by atoms with Gasteiger partial charge in [0.2, 0.25) is 5.91 Å². The van der Waals surface area contributed by atoms with Gasteiger partial charge in [-0.15, -0.1) is 11.8 Å². The van der Waals surface area contributed by atoms with E-state index >= 15 is 0 Å². The van der Waals surface area contributed by atoms with Crippen LogP contribution in [0.15, 0.2) is 16.8 Å². The van der Waals surface area contributed by atoms with Crippen molar-refractivity contribution >= 4 is 40.4 Å². The molecule has 2 aromatic heterocycles. The van der Waals surface area contributed by atoms with Gasteiger partial charge in [-0.3, -0.25) is 19.5 Å². The van der Waals surface area contributed by atoms with Gasteiger partial charge in [0.1, 0.15) is 21.5 Å². The lowest BCUT2D eigenvalue weighted by Gasteiger charge is -2.19. The Bertz CT molecular complexity index is 1210. The lowest BCUT2D eigenvalue weighted by molar-refractivity contribution is -0.119. The monoisotopic (exact) mass is 472 g/mol. The minimum absolute atomic E-state index is 0.0252. The summed E-state index contributed by atoms with van der Waals surface area (Å²) in [7, 11) is 3.25. The second-order valence-electron chi connectivity index (χ2n) is 8.55. The van der Waals surface area contributed by atoms with Crippen molar-refractivity contribution < 1.29 is 9.53 Å². The summed E-state index contributed by atoms with van der Waals surface area (Å²) in [6.45, 7) is 4.43. The number of methoxy groups -OCH3 is 1. The Morgan fingerprint density at radius 2 is 2.28 bits per heavy atom. The van der Waals surface area contributed by atoms with E-state index in [0.29, 0.717) is 35.2 Å². The van der Waals surface area contributed by atoms with E-state index in [1.165, 1.54) is 0 Å². The number of nitrogens with two attached hydrogens (primary N) is 1. The number of hydrogen-bond donors (Lipinski definition) is 2. The van der Waals surface area contributed by atoms with Crippen LogP contribution < -0.4 is 15.8 Å². The maximum atomic E-state index is 12.0. The lowest BCUT2D eigenvalue weighted by atomic mass is 10.0. The Labute approximate surface area is 195 Å². The van der Waals surface area contributed by atoms with Crippen LogP contribution in [0.2, 0.25) is 5.02 Å². The van der Waals surface area contributed by atoms with Crippen LogP contribution in [0.5, 0.6) is 5.75 Å². The molecule has 0 bridgehead atoms. The largest absolute Gasteiger partial charge is 0.495 e. The van der Waals surface area contributed by atoms with Crippen molar-refractivity contribution in [3.8, 4) is 5.75 Å². The van der Waals surface area contributed by atoms with Crippen LogP contribution in [-0.2, 0) is 11.3 Å². The molecule has 2 unspecified atom stereocenters. The number of rotatable bonds is 5. The number of nitrogens with zero attached hydrogens (tertiary/aromatic N) is 4. The molecule has 3 N–H and O–H groups in total. The number of amides is 1. The molecule has 0 saturated heterocycles. The van der Waals surface area contributed by atoms with Crippen molar-refractivity contribution in [2.24, 2.45) is 16.6 Å². The highest BCUT2D eigenvalue weighted by Gasteiger charge is 2.65. The smallest absolute Gasteiger partial charge is 0.223 e. The van der Waals surface area contributed by atoms with Gasteiger partial charge < -0.3 is 15.8 Å². The molecule has 2 aromatic rings. The van der Waals surface area contributed by atoms with Gasteiger partial charge in [-0.25, -0.2) is 0 Å². The zero-order chi connectivity index (χ0) is 22.8. The molecule has 2 aliphatic heterocycles. The number of fused-ring (bicyclic) bond motifs is 2. The third kappa shape index (κ3) is 3.17. The van der Waals surface area contributed by atoms with Crippen LogP contribution in [0, 0.1) is 12.8 Å². The summed E-state index contributed by atoms with van der Waals surface area (Å²) in [5.74, 6) is 1.58. The number of aliphatic imine (C=N–C) groups is 1. The van der Waals surface area contributed by atoms with Gasteiger partial charge in [-0.2, -0.15) is 5.10 Å². The molecule has 32 heavy (non-hydrogen) atoms. The van der Waals surface area contributed by atoms with Crippen molar-refractivity contribution in [3.63, 3.8) is 0 Å². The molecule has 3 aliphatic rings. The summed E-state index contributed by atoms with van der Waals surface area (Å²) >= 11 is 8.24. The average Bonchev–Trinajstić information content (AvgIpc) is 3.19. The third-order valence-electron chi connectivity index (χ3n) is 6.57. The highest BCUT2D eigenvalue weighted by Crippen LogP contribution is 2.61. The van der Waals surface area contributed by atoms with Gasteiger partial charge in [0.15, 0.2) is 0 Å². The summed E-state index contributed by atoms with van der Waals surface area (Å²) < 4.78 is 7.43. The van der Waals surface area contributed by atoms with Crippen molar-refractivity contribution in [2.75, 3.05) is 19.9 Å². The number of pyridine rings is 1. The first-order valence-electron chi connectivity index (χ1n) is 10.5. The second kappa shape index (κ2) is 7.60. The molecule has 3 atom stereocenters. The summed E-state index contributed by atoms with van der Waals surface area (Å²) in [4.78, 5) is 21.5. The molecule has 1 fully saturated rings.